The van der Waals surface area contributed by atoms with Crippen LogP contribution >= 0.6 is 11.3 Å². The van der Waals surface area contributed by atoms with Crippen molar-refractivity contribution in [3.8, 4) is 5.75 Å². The molecule has 0 N–H and O–H groups in total. The van der Waals surface area contributed by atoms with Gasteiger partial charge in [0.25, 0.3) is 5.56 Å². The van der Waals surface area contributed by atoms with Gasteiger partial charge in [0.15, 0.2) is 4.80 Å². The molecule has 2 heterocycles. The van der Waals surface area contributed by atoms with Crippen LogP contribution in [0.3, 0.4) is 0 Å². The fourth-order valence-electron chi connectivity index (χ4n) is 4.39. The molecule has 39 heavy (non-hydrogen) atoms. The second-order valence-electron chi connectivity index (χ2n) is 8.61. The molecule has 0 fully saturated rings. The second kappa shape index (κ2) is 11.0. The highest BCUT2D eigenvalue weighted by atomic mass is 32.1. The minimum atomic E-state index is -0.915. The first kappa shape index (κ1) is 26.0. The number of benzene rings is 3. The van der Waals surface area contributed by atoms with Crippen LogP contribution in [0.1, 0.15) is 36.6 Å². The zero-order chi connectivity index (χ0) is 27.5. The maximum Gasteiger partial charge on any atom is 0.338 e. The van der Waals surface area contributed by atoms with Gasteiger partial charge < -0.3 is 9.47 Å². The monoisotopic (exact) mass is 542 g/mol. The number of aromatic nitrogens is 1. The molecule has 1 atom stereocenters. The van der Waals surface area contributed by atoms with E-state index >= 15 is 0 Å². The normalized spacial score (nSPS) is 14.9. The Morgan fingerprint density at radius 2 is 1.72 bits per heavy atom. The molecule has 4 aromatic rings. The molecule has 0 spiro atoms. The van der Waals surface area contributed by atoms with Crippen molar-refractivity contribution in [2.75, 3.05) is 6.61 Å². The van der Waals surface area contributed by atoms with Gasteiger partial charge in [-0.25, -0.2) is 14.2 Å². The first-order chi connectivity index (χ1) is 18.9. The number of halogens is 1. The van der Waals surface area contributed by atoms with Gasteiger partial charge in [-0.2, -0.15) is 0 Å². The molecular weight excluding hydrogens is 519 g/mol. The van der Waals surface area contributed by atoms with E-state index in [1.165, 1.54) is 23.6 Å². The van der Waals surface area contributed by atoms with Crippen molar-refractivity contribution >= 4 is 35.0 Å². The fourth-order valence-corrected chi connectivity index (χ4v) is 5.38. The number of ether oxygens (including phenoxy) is 2. The zero-order valence-corrected chi connectivity index (χ0v) is 21.9. The lowest BCUT2D eigenvalue weighted by Gasteiger charge is -2.25. The predicted molar refractivity (Wildman–Crippen MR) is 145 cm³/mol. The third kappa shape index (κ3) is 5.21. The standard InChI is InChI=1S/C30H23FN2O5S/c1-3-37-29(36)25-26(19-9-5-4-6-10-19)32-30-33(27(25)20-13-15-22(31)16-14-20)28(35)24(39-30)17-21-11-7-8-12-23(21)38-18(2)34/h4-17,27H,3H2,1-2H3/b24-17-/t27-/m1/s1. The van der Waals surface area contributed by atoms with Crippen molar-refractivity contribution in [1.29, 1.82) is 0 Å². The number of hydrogen-bond donors (Lipinski definition) is 0. The summed E-state index contributed by atoms with van der Waals surface area (Å²) >= 11 is 1.14. The molecule has 0 aliphatic carbocycles. The summed E-state index contributed by atoms with van der Waals surface area (Å²) in [5.41, 5.74) is 1.87. The molecule has 0 amide bonds. The molecule has 1 aliphatic rings. The van der Waals surface area contributed by atoms with E-state index in [0.717, 1.165) is 11.3 Å². The van der Waals surface area contributed by atoms with Crippen LogP contribution in [0.25, 0.3) is 11.8 Å². The molecule has 1 aliphatic heterocycles. The molecule has 5 rings (SSSR count). The van der Waals surface area contributed by atoms with Crippen LogP contribution in [0.4, 0.5) is 4.39 Å². The van der Waals surface area contributed by atoms with Crippen molar-refractivity contribution in [2.24, 2.45) is 4.99 Å². The maximum atomic E-state index is 13.9. The van der Waals surface area contributed by atoms with Crippen LogP contribution in [0.5, 0.6) is 5.75 Å². The highest BCUT2D eigenvalue weighted by Crippen LogP contribution is 2.35. The number of fused-ring (bicyclic) bond motifs is 1. The number of carbonyl (C=O) groups excluding carboxylic acids is 2. The lowest BCUT2D eigenvalue weighted by atomic mass is 9.93. The summed E-state index contributed by atoms with van der Waals surface area (Å²) in [5.74, 6) is -1.24. The van der Waals surface area contributed by atoms with Crippen LogP contribution in [0.15, 0.2) is 94.2 Å². The van der Waals surface area contributed by atoms with Crippen molar-refractivity contribution in [1.82, 2.24) is 4.57 Å². The van der Waals surface area contributed by atoms with Gasteiger partial charge in [0.2, 0.25) is 0 Å². The van der Waals surface area contributed by atoms with Crippen LogP contribution in [-0.2, 0) is 14.3 Å². The van der Waals surface area contributed by atoms with E-state index in [-0.39, 0.29) is 12.2 Å². The highest BCUT2D eigenvalue weighted by molar-refractivity contribution is 7.07. The Kier molecular flexibility index (Phi) is 7.33. The van der Waals surface area contributed by atoms with Gasteiger partial charge in [0.05, 0.1) is 28.5 Å². The Morgan fingerprint density at radius 3 is 2.41 bits per heavy atom. The van der Waals surface area contributed by atoms with Gasteiger partial charge in [-0.1, -0.05) is 72.0 Å². The van der Waals surface area contributed by atoms with E-state index in [2.05, 4.69) is 0 Å². The molecule has 9 heteroatoms. The Hall–Kier alpha value is -4.63. The first-order valence-electron chi connectivity index (χ1n) is 12.2. The molecule has 0 unspecified atom stereocenters. The second-order valence-corrected chi connectivity index (χ2v) is 9.62. The lowest BCUT2D eigenvalue weighted by molar-refractivity contribution is -0.139. The quantitative estimate of drug-likeness (QED) is 0.272. The highest BCUT2D eigenvalue weighted by Gasteiger charge is 2.35. The molecule has 0 saturated carbocycles. The number of rotatable bonds is 6. The van der Waals surface area contributed by atoms with Crippen LogP contribution in [0.2, 0.25) is 0 Å². The minimum absolute atomic E-state index is 0.123. The van der Waals surface area contributed by atoms with Crippen LogP contribution in [0, 0.1) is 5.82 Å². The van der Waals surface area contributed by atoms with Gasteiger partial charge in [-0.3, -0.25) is 14.2 Å². The number of hydrogen-bond acceptors (Lipinski definition) is 7. The van der Waals surface area contributed by atoms with Gasteiger partial charge in [0.1, 0.15) is 11.6 Å². The molecule has 196 valence electrons. The largest absolute Gasteiger partial charge is 0.463 e. The van der Waals surface area contributed by atoms with Crippen molar-refractivity contribution in [3.05, 3.63) is 127 Å². The summed E-state index contributed by atoms with van der Waals surface area (Å²) < 4.78 is 26.4. The SMILES string of the molecule is CCOC(=O)C1=C(c2ccccc2)N=c2s/c(=C\c3ccccc3OC(C)=O)c(=O)n2[C@@H]1c1ccc(F)cc1. The molecule has 1 aromatic heterocycles. The van der Waals surface area contributed by atoms with Gasteiger partial charge in [0, 0.05) is 18.1 Å². The van der Waals surface area contributed by atoms with Crippen molar-refractivity contribution < 1.29 is 23.5 Å². The molecular formula is C30H23FN2O5S. The summed E-state index contributed by atoms with van der Waals surface area (Å²) in [6, 6.07) is 20.7. The summed E-state index contributed by atoms with van der Waals surface area (Å²) in [6.07, 6.45) is 1.63. The molecule has 0 bridgehead atoms. The van der Waals surface area contributed by atoms with Crippen LogP contribution < -0.4 is 19.6 Å². The van der Waals surface area contributed by atoms with E-state index in [4.69, 9.17) is 14.5 Å². The molecule has 7 nitrogen and oxygen atoms in total. The average Bonchev–Trinajstić information content (AvgIpc) is 3.24. The minimum Gasteiger partial charge on any atom is -0.463 e. The van der Waals surface area contributed by atoms with E-state index in [1.807, 2.05) is 30.3 Å². The van der Waals surface area contributed by atoms with Crippen LogP contribution in [-0.4, -0.2) is 23.1 Å². The third-order valence-electron chi connectivity index (χ3n) is 6.02. The Balaban J connectivity index is 1.81. The number of nitrogens with zero attached hydrogens (tertiary/aromatic N) is 2. The summed E-state index contributed by atoms with van der Waals surface area (Å²) in [7, 11) is 0. The Bertz CT molecular complexity index is 1770. The van der Waals surface area contributed by atoms with E-state index < -0.39 is 29.4 Å². The van der Waals surface area contributed by atoms with Crippen molar-refractivity contribution in [2.45, 2.75) is 19.9 Å². The van der Waals surface area contributed by atoms with E-state index in [0.29, 0.717) is 37.5 Å². The summed E-state index contributed by atoms with van der Waals surface area (Å²) in [5, 5.41) is 0. The number of carbonyl (C=O) groups is 2. The van der Waals surface area contributed by atoms with Gasteiger partial charge in [-0.05, 0) is 36.8 Å². The van der Waals surface area contributed by atoms with Gasteiger partial charge in [-0.15, -0.1) is 0 Å². The van der Waals surface area contributed by atoms with E-state index in [9.17, 15) is 18.8 Å². The third-order valence-corrected chi connectivity index (χ3v) is 7.00. The molecule has 0 saturated heterocycles. The Morgan fingerprint density at radius 1 is 1.03 bits per heavy atom. The summed E-state index contributed by atoms with van der Waals surface area (Å²) in [4.78, 5) is 44.0. The number of esters is 2. The maximum absolute atomic E-state index is 13.9. The topological polar surface area (TPSA) is 87.0 Å². The van der Waals surface area contributed by atoms with Crippen molar-refractivity contribution in [3.63, 3.8) is 0 Å². The molecule has 3 aromatic carbocycles. The summed E-state index contributed by atoms with van der Waals surface area (Å²) in [6.45, 7) is 3.12. The Labute approximate surface area is 226 Å². The lowest BCUT2D eigenvalue weighted by Crippen LogP contribution is -2.40. The average molecular weight is 543 g/mol. The predicted octanol–water partition coefficient (Wildman–Crippen LogP) is 4.00. The first-order valence-corrected chi connectivity index (χ1v) is 13.0. The fraction of sp³-hybridized carbons (Fsp3) is 0.133. The smallest absolute Gasteiger partial charge is 0.338 e. The molecule has 0 radical (unpaired) electrons. The van der Waals surface area contributed by atoms with Gasteiger partial charge >= 0.3 is 11.9 Å². The number of para-hydroxylation sites is 1. The van der Waals surface area contributed by atoms with E-state index in [1.54, 1.807) is 49.4 Å². The number of thiazole rings is 1. The zero-order valence-electron chi connectivity index (χ0n) is 21.1.